The lowest BCUT2D eigenvalue weighted by atomic mass is 9.92. The van der Waals surface area contributed by atoms with E-state index >= 15 is 0 Å². The van der Waals surface area contributed by atoms with Crippen molar-refractivity contribution in [3.8, 4) is 33.8 Å². The Morgan fingerprint density at radius 1 is 0.638 bits per heavy atom. The van der Waals surface area contributed by atoms with Crippen molar-refractivity contribution in [1.29, 1.82) is 0 Å². The number of benzene rings is 6. The molecule has 0 saturated heterocycles. The number of hydrogen-bond acceptors (Lipinski definition) is 4. The number of aromatic nitrogens is 3. The zero-order valence-electron chi connectivity index (χ0n) is 25.0. The highest BCUT2D eigenvalue weighted by Gasteiger charge is 2.26. The van der Waals surface area contributed by atoms with E-state index in [2.05, 4.69) is 137 Å². The molecule has 6 heteroatoms. The third-order valence-corrected chi connectivity index (χ3v) is 11.1. The second kappa shape index (κ2) is 10.5. The van der Waals surface area contributed by atoms with Gasteiger partial charge in [0.15, 0.2) is 4.34 Å². The first-order chi connectivity index (χ1) is 23.3. The van der Waals surface area contributed by atoms with Gasteiger partial charge in [-0.2, -0.15) is 0 Å². The van der Waals surface area contributed by atoms with Gasteiger partial charge in [0.2, 0.25) is 0 Å². The minimum Gasteiger partial charge on any atom is -0.456 e. The summed E-state index contributed by atoms with van der Waals surface area (Å²) in [5, 5.41) is 7.01. The molecule has 222 valence electrons. The Labute approximate surface area is 277 Å². The summed E-state index contributed by atoms with van der Waals surface area (Å²) in [6, 6.07) is 46.9. The Morgan fingerprint density at radius 2 is 1.38 bits per heavy atom. The molecule has 0 radical (unpaired) electrons. The monoisotopic (exact) mass is 639 g/mol. The number of fused-ring (bicyclic) bond motifs is 5. The molecule has 0 saturated carbocycles. The van der Waals surface area contributed by atoms with Gasteiger partial charge >= 0.3 is 0 Å². The fourth-order valence-corrected chi connectivity index (χ4v) is 9.01. The normalized spacial score (nSPS) is 11.9. The number of thiazole rings is 1. The van der Waals surface area contributed by atoms with Crippen LogP contribution >= 0.6 is 23.1 Å². The second-order valence-corrected chi connectivity index (χ2v) is 14.1. The topological polar surface area (TPSA) is 57.6 Å². The number of aromatic amines is 2. The van der Waals surface area contributed by atoms with Gasteiger partial charge in [0.1, 0.15) is 11.3 Å². The first-order valence-corrected chi connectivity index (χ1v) is 17.2. The van der Waals surface area contributed by atoms with Crippen molar-refractivity contribution < 1.29 is 4.42 Å². The van der Waals surface area contributed by atoms with Gasteiger partial charge in [-0.1, -0.05) is 109 Å². The molecular formula is C41H25N3OS2. The van der Waals surface area contributed by atoms with Gasteiger partial charge in [-0.3, -0.25) is 0 Å². The highest BCUT2D eigenvalue weighted by molar-refractivity contribution is 8.01. The van der Waals surface area contributed by atoms with Crippen LogP contribution in [0.4, 0.5) is 0 Å². The molecule has 0 atom stereocenters. The van der Waals surface area contributed by atoms with E-state index in [1.54, 1.807) is 23.1 Å². The summed E-state index contributed by atoms with van der Waals surface area (Å²) in [5.74, 6) is 0.801. The minimum atomic E-state index is 0.801. The van der Waals surface area contributed by atoms with Crippen LogP contribution in [0.15, 0.2) is 153 Å². The van der Waals surface area contributed by atoms with Gasteiger partial charge < -0.3 is 14.4 Å². The van der Waals surface area contributed by atoms with E-state index in [1.807, 2.05) is 12.1 Å². The molecular weight excluding hydrogens is 615 g/mol. The molecule has 2 N–H and O–H groups in total. The molecule has 10 rings (SSSR count). The third kappa shape index (κ3) is 4.33. The lowest BCUT2D eigenvalue weighted by molar-refractivity contribution is 0.632. The molecule has 0 amide bonds. The van der Waals surface area contributed by atoms with Crippen molar-refractivity contribution in [2.45, 2.75) is 9.24 Å². The first kappa shape index (κ1) is 26.6. The molecule has 0 aliphatic rings. The SMILES string of the molecule is c1ccc2[nH]c(-c3cc4sc(Sc5cccc6ccccc56)nc4c(-c4cc5ccccc5o4)c3-c3[nH]cc4ccccc34)cc2c1. The van der Waals surface area contributed by atoms with Crippen molar-refractivity contribution in [3.63, 3.8) is 0 Å². The molecule has 4 aromatic heterocycles. The van der Waals surface area contributed by atoms with E-state index in [0.29, 0.717) is 0 Å². The number of furan rings is 1. The smallest absolute Gasteiger partial charge is 0.155 e. The number of nitrogens with one attached hydrogen (secondary N) is 2. The predicted octanol–water partition coefficient (Wildman–Crippen LogP) is 12.3. The zero-order chi connectivity index (χ0) is 30.9. The van der Waals surface area contributed by atoms with Crippen LogP contribution in [-0.2, 0) is 0 Å². The van der Waals surface area contributed by atoms with Crippen LogP contribution in [0.1, 0.15) is 0 Å². The molecule has 0 aliphatic heterocycles. The zero-order valence-corrected chi connectivity index (χ0v) is 26.6. The number of para-hydroxylation sites is 2. The van der Waals surface area contributed by atoms with Gasteiger partial charge in [-0.15, -0.1) is 11.3 Å². The summed E-state index contributed by atoms with van der Waals surface area (Å²) in [4.78, 5) is 14.0. The maximum absolute atomic E-state index is 6.68. The lowest BCUT2D eigenvalue weighted by Crippen LogP contribution is -1.93. The summed E-state index contributed by atoms with van der Waals surface area (Å²) < 4.78 is 8.78. The average Bonchev–Trinajstić information content (AvgIpc) is 3.91. The molecule has 4 nitrogen and oxygen atoms in total. The molecule has 47 heavy (non-hydrogen) atoms. The van der Waals surface area contributed by atoms with Crippen molar-refractivity contribution >= 4 is 76.7 Å². The highest BCUT2D eigenvalue weighted by atomic mass is 32.2. The van der Waals surface area contributed by atoms with Crippen molar-refractivity contribution in [3.05, 3.63) is 140 Å². The molecule has 6 aromatic carbocycles. The van der Waals surface area contributed by atoms with E-state index < -0.39 is 0 Å². The molecule has 4 heterocycles. The van der Waals surface area contributed by atoms with E-state index in [-0.39, 0.29) is 0 Å². The second-order valence-electron chi connectivity index (χ2n) is 11.7. The summed E-state index contributed by atoms with van der Waals surface area (Å²) in [6.07, 6.45) is 2.09. The average molecular weight is 640 g/mol. The van der Waals surface area contributed by atoms with Crippen LogP contribution < -0.4 is 0 Å². The predicted molar refractivity (Wildman–Crippen MR) is 197 cm³/mol. The minimum absolute atomic E-state index is 0.801. The standard InChI is InChI=1S/C41H25N3OS2/c1-5-15-28-24(10-1)14-9-19-35(28)46-41-44-40-36(47-41)22-30(32-20-25-11-3-7-17-31(25)43-32)37(39-29-16-6-2-13-27(29)23-42-39)38(40)34-21-26-12-4-8-18-33(26)45-34/h1-23,42-43H. The van der Waals surface area contributed by atoms with Crippen molar-refractivity contribution in [2.24, 2.45) is 0 Å². The number of nitrogens with zero attached hydrogens (tertiary/aromatic N) is 1. The van der Waals surface area contributed by atoms with Gasteiger partial charge in [0, 0.05) is 49.6 Å². The highest BCUT2D eigenvalue weighted by Crippen LogP contribution is 2.50. The Hall–Kier alpha value is -5.56. The van der Waals surface area contributed by atoms with Crippen LogP contribution in [0.2, 0.25) is 0 Å². The van der Waals surface area contributed by atoms with Crippen LogP contribution in [0.25, 0.3) is 87.5 Å². The molecule has 0 bridgehead atoms. The van der Waals surface area contributed by atoms with E-state index in [0.717, 1.165) is 75.7 Å². The largest absolute Gasteiger partial charge is 0.456 e. The Bertz CT molecular complexity index is 2730. The van der Waals surface area contributed by atoms with E-state index in [1.165, 1.54) is 21.1 Å². The number of H-pyrrole nitrogens is 2. The molecule has 0 unspecified atom stereocenters. The van der Waals surface area contributed by atoms with E-state index in [9.17, 15) is 0 Å². The van der Waals surface area contributed by atoms with Gasteiger partial charge in [0.25, 0.3) is 0 Å². The Balaban J connectivity index is 1.30. The van der Waals surface area contributed by atoms with Gasteiger partial charge in [-0.25, -0.2) is 4.98 Å². The van der Waals surface area contributed by atoms with Crippen LogP contribution in [0.5, 0.6) is 0 Å². The summed E-state index contributed by atoms with van der Waals surface area (Å²) in [6.45, 7) is 0. The Morgan fingerprint density at radius 3 is 2.26 bits per heavy atom. The van der Waals surface area contributed by atoms with E-state index in [4.69, 9.17) is 9.40 Å². The van der Waals surface area contributed by atoms with Crippen molar-refractivity contribution in [1.82, 2.24) is 15.0 Å². The maximum atomic E-state index is 6.68. The maximum Gasteiger partial charge on any atom is 0.155 e. The molecule has 0 spiro atoms. The molecule has 0 fully saturated rings. The van der Waals surface area contributed by atoms with Gasteiger partial charge in [0.05, 0.1) is 21.5 Å². The Kier molecular flexibility index (Phi) is 5.94. The number of rotatable bonds is 5. The molecule has 0 aliphatic carbocycles. The fraction of sp³-hybridized carbons (Fsp3) is 0. The third-order valence-electron chi connectivity index (χ3n) is 8.96. The molecule has 10 aromatic rings. The van der Waals surface area contributed by atoms with Gasteiger partial charge in [-0.05, 0) is 52.6 Å². The summed E-state index contributed by atoms with van der Waals surface area (Å²) in [5.41, 5.74) is 8.14. The fourth-order valence-electron chi connectivity index (χ4n) is 6.79. The van der Waals surface area contributed by atoms with Crippen LogP contribution in [-0.4, -0.2) is 15.0 Å². The van der Waals surface area contributed by atoms with Crippen LogP contribution in [0.3, 0.4) is 0 Å². The number of hydrogen-bond donors (Lipinski definition) is 2. The quantitative estimate of drug-likeness (QED) is 0.197. The lowest BCUT2D eigenvalue weighted by Gasteiger charge is -2.14. The first-order valence-electron chi connectivity index (χ1n) is 15.5. The van der Waals surface area contributed by atoms with Crippen molar-refractivity contribution in [2.75, 3.05) is 0 Å². The summed E-state index contributed by atoms with van der Waals surface area (Å²) in [7, 11) is 0. The van der Waals surface area contributed by atoms with Crippen LogP contribution in [0, 0.1) is 0 Å². The summed E-state index contributed by atoms with van der Waals surface area (Å²) >= 11 is 3.45.